The molecular formula is C23H24ClFN6O5. The molecule has 2 aromatic heterocycles. The van der Waals surface area contributed by atoms with Gasteiger partial charge in [-0.1, -0.05) is 11.6 Å². The van der Waals surface area contributed by atoms with E-state index in [1.165, 1.54) is 11.0 Å². The zero-order valence-corrected chi connectivity index (χ0v) is 20.5. The fraction of sp³-hybridized carbons (Fsp3) is 0.391. The maximum absolute atomic E-state index is 13.9. The second-order valence-corrected chi connectivity index (χ2v) is 9.52. The Morgan fingerprint density at radius 3 is 2.61 bits per heavy atom. The van der Waals surface area contributed by atoms with E-state index in [-0.39, 0.29) is 29.2 Å². The Morgan fingerprint density at radius 1 is 1.25 bits per heavy atom. The number of alkyl carbamates (subject to hydrolysis) is 1. The Balaban J connectivity index is 1.41. The van der Waals surface area contributed by atoms with Crippen LogP contribution in [-0.2, 0) is 20.8 Å². The van der Waals surface area contributed by atoms with Crippen LogP contribution in [0.3, 0.4) is 0 Å². The number of halogens is 2. The molecule has 1 atom stereocenters. The van der Waals surface area contributed by atoms with Crippen LogP contribution in [0.1, 0.15) is 33.6 Å². The predicted molar refractivity (Wildman–Crippen MR) is 125 cm³/mol. The molecule has 4 rings (SSSR count). The molecule has 0 spiro atoms. The highest BCUT2D eigenvalue weighted by molar-refractivity contribution is 6.30. The van der Waals surface area contributed by atoms with E-state index in [0.29, 0.717) is 11.3 Å². The van der Waals surface area contributed by atoms with E-state index in [9.17, 15) is 14.0 Å². The third-order valence-electron chi connectivity index (χ3n) is 4.73. The van der Waals surface area contributed by atoms with Gasteiger partial charge in [0.1, 0.15) is 17.9 Å². The molecule has 0 radical (unpaired) electrons. The molecule has 36 heavy (non-hydrogen) atoms. The van der Waals surface area contributed by atoms with Gasteiger partial charge in [0, 0.05) is 11.8 Å². The number of benzene rings is 1. The smallest absolute Gasteiger partial charge is 0.410 e. The number of hydrogen-bond donors (Lipinski definition) is 1. The molecule has 1 fully saturated rings. The van der Waals surface area contributed by atoms with Gasteiger partial charge < -0.3 is 14.2 Å². The van der Waals surface area contributed by atoms with E-state index in [1.807, 2.05) is 0 Å². The van der Waals surface area contributed by atoms with Crippen molar-refractivity contribution in [2.45, 2.75) is 52.0 Å². The molecule has 1 saturated carbocycles. The first-order chi connectivity index (χ1) is 17.1. The van der Waals surface area contributed by atoms with Crippen molar-refractivity contribution >= 4 is 23.7 Å². The summed E-state index contributed by atoms with van der Waals surface area (Å²) in [5.41, 5.74) is -0.122. The van der Waals surface area contributed by atoms with Crippen LogP contribution in [0.25, 0.3) is 11.4 Å². The van der Waals surface area contributed by atoms with Crippen molar-refractivity contribution in [2.75, 3.05) is 0 Å². The fourth-order valence-corrected chi connectivity index (χ4v) is 3.10. The van der Waals surface area contributed by atoms with Gasteiger partial charge in [-0.2, -0.15) is 4.80 Å². The number of rotatable bonds is 8. The third-order valence-corrected chi connectivity index (χ3v) is 4.94. The number of nitrogens with one attached hydrogen (secondary N) is 1. The quantitative estimate of drug-likeness (QED) is 0.345. The molecule has 11 nitrogen and oxygen atoms in total. The monoisotopic (exact) mass is 518 g/mol. The van der Waals surface area contributed by atoms with Gasteiger partial charge in [-0.05, 0) is 69.2 Å². The van der Waals surface area contributed by atoms with Gasteiger partial charge in [-0.25, -0.2) is 14.2 Å². The lowest BCUT2D eigenvalue weighted by atomic mass is 10.2. The number of esters is 1. The van der Waals surface area contributed by atoms with Gasteiger partial charge >= 0.3 is 12.1 Å². The van der Waals surface area contributed by atoms with Crippen LogP contribution in [0.5, 0.6) is 11.6 Å². The number of carbonyl (C=O) groups is 2. The first-order valence-corrected chi connectivity index (χ1v) is 11.5. The van der Waals surface area contributed by atoms with E-state index < -0.39 is 29.7 Å². The highest BCUT2D eigenvalue weighted by Gasteiger charge is 2.34. The predicted octanol–water partition coefficient (Wildman–Crippen LogP) is 4.12. The maximum atomic E-state index is 13.9. The summed E-state index contributed by atoms with van der Waals surface area (Å²) in [4.78, 5) is 29.4. The molecular weight excluding hydrogens is 495 g/mol. The maximum Gasteiger partial charge on any atom is 0.410 e. The average Bonchev–Trinajstić information content (AvgIpc) is 3.54. The van der Waals surface area contributed by atoms with Crippen molar-refractivity contribution in [3.8, 4) is 23.0 Å². The number of pyridine rings is 1. The summed E-state index contributed by atoms with van der Waals surface area (Å²) in [7, 11) is 0. The van der Waals surface area contributed by atoms with Crippen LogP contribution >= 0.6 is 11.6 Å². The summed E-state index contributed by atoms with van der Waals surface area (Å²) in [6.07, 6.45) is 1.00. The van der Waals surface area contributed by atoms with Gasteiger partial charge in [-0.15, -0.1) is 10.2 Å². The summed E-state index contributed by atoms with van der Waals surface area (Å²) in [5.74, 6) is -0.841. The number of ether oxygens (including phenoxy) is 3. The van der Waals surface area contributed by atoms with Gasteiger partial charge in [0.05, 0.1) is 10.9 Å². The van der Waals surface area contributed by atoms with Crippen molar-refractivity contribution in [3.05, 3.63) is 47.4 Å². The Morgan fingerprint density at radius 2 is 1.97 bits per heavy atom. The van der Waals surface area contributed by atoms with Crippen LogP contribution in [0, 0.1) is 11.7 Å². The summed E-state index contributed by atoms with van der Waals surface area (Å²) < 4.78 is 30.0. The summed E-state index contributed by atoms with van der Waals surface area (Å²) in [6.45, 7) is 5.10. The zero-order chi connectivity index (χ0) is 25.9. The summed E-state index contributed by atoms with van der Waals surface area (Å²) in [5, 5.41) is 15.0. The minimum atomic E-state index is -1.05. The Labute approximate surface area is 210 Å². The molecule has 0 saturated heterocycles. The first kappa shape index (κ1) is 25.3. The Hall–Kier alpha value is -3.80. The van der Waals surface area contributed by atoms with E-state index in [0.717, 1.165) is 18.9 Å². The topological polar surface area (TPSA) is 130 Å². The number of aromatic nitrogens is 5. The third kappa shape index (κ3) is 7.11. The van der Waals surface area contributed by atoms with Crippen LogP contribution in [0.15, 0.2) is 36.5 Å². The molecule has 2 heterocycles. The Kier molecular flexibility index (Phi) is 7.34. The van der Waals surface area contributed by atoms with Gasteiger partial charge in [0.25, 0.3) is 5.88 Å². The number of tetrazole rings is 1. The standard InChI is InChI=1S/C23H24ClFN6O5/c1-23(2,3)36-22(33)27-18(35-21(32)14-4-5-14)12-31-29-19(28-30-31)13-6-8-16(9-7-13)34-20-17(25)10-15(24)11-26-20/h6-11,14,18H,4-5,12H2,1-3H3,(H,27,33). The number of carbonyl (C=O) groups excluding carboxylic acids is 2. The molecule has 3 aromatic rings. The van der Waals surface area contributed by atoms with Crippen LogP contribution in [0.2, 0.25) is 5.02 Å². The van der Waals surface area contributed by atoms with Gasteiger partial charge in [0.2, 0.25) is 5.82 Å². The molecule has 0 aliphatic heterocycles. The molecule has 1 amide bonds. The summed E-state index contributed by atoms with van der Waals surface area (Å²) >= 11 is 5.70. The Bertz CT molecular complexity index is 1240. The first-order valence-electron chi connectivity index (χ1n) is 11.1. The van der Waals surface area contributed by atoms with Gasteiger partial charge in [-0.3, -0.25) is 10.1 Å². The molecule has 1 aliphatic rings. The van der Waals surface area contributed by atoms with E-state index in [1.54, 1.807) is 45.0 Å². The second-order valence-electron chi connectivity index (χ2n) is 9.08. The largest absolute Gasteiger partial charge is 0.444 e. The normalized spacial score (nSPS) is 14.1. The van der Waals surface area contributed by atoms with Crippen molar-refractivity contribution in [2.24, 2.45) is 5.92 Å². The fourth-order valence-electron chi connectivity index (χ4n) is 2.95. The SMILES string of the molecule is CC(C)(C)OC(=O)NC(Cn1nnc(-c2ccc(Oc3ncc(Cl)cc3F)cc2)n1)OC(=O)C1CC1. The van der Waals surface area contributed by atoms with Crippen LogP contribution < -0.4 is 10.1 Å². The van der Waals surface area contributed by atoms with Crippen molar-refractivity contribution in [3.63, 3.8) is 0 Å². The molecule has 0 bridgehead atoms. The second kappa shape index (κ2) is 10.4. The van der Waals surface area contributed by atoms with Crippen LogP contribution in [0.4, 0.5) is 9.18 Å². The summed E-state index contributed by atoms with van der Waals surface area (Å²) in [6, 6.07) is 7.61. The molecule has 13 heteroatoms. The highest BCUT2D eigenvalue weighted by Crippen LogP contribution is 2.30. The van der Waals surface area contributed by atoms with E-state index in [4.69, 9.17) is 25.8 Å². The van der Waals surface area contributed by atoms with Crippen LogP contribution in [-0.4, -0.2) is 49.1 Å². The number of amides is 1. The molecule has 1 N–H and O–H groups in total. The number of hydrogen-bond acceptors (Lipinski definition) is 9. The van der Waals surface area contributed by atoms with E-state index in [2.05, 4.69) is 25.7 Å². The average molecular weight is 519 g/mol. The lowest BCUT2D eigenvalue weighted by Gasteiger charge is -2.23. The molecule has 1 aromatic carbocycles. The molecule has 190 valence electrons. The zero-order valence-electron chi connectivity index (χ0n) is 19.8. The highest BCUT2D eigenvalue weighted by atomic mass is 35.5. The lowest BCUT2D eigenvalue weighted by molar-refractivity contribution is -0.153. The van der Waals surface area contributed by atoms with Crippen molar-refractivity contribution in [1.82, 2.24) is 30.5 Å². The molecule has 1 aliphatic carbocycles. The number of nitrogens with zero attached hydrogens (tertiary/aromatic N) is 5. The minimum absolute atomic E-state index is 0.0760. The minimum Gasteiger partial charge on any atom is -0.444 e. The van der Waals surface area contributed by atoms with Crippen molar-refractivity contribution in [1.29, 1.82) is 0 Å². The van der Waals surface area contributed by atoms with Gasteiger partial charge in [0.15, 0.2) is 12.0 Å². The van der Waals surface area contributed by atoms with E-state index >= 15 is 0 Å². The van der Waals surface area contributed by atoms with Crippen molar-refractivity contribution < 1.29 is 28.2 Å². The molecule has 1 unspecified atom stereocenters. The lowest BCUT2D eigenvalue weighted by Crippen LogP contribution is -2.44.